The van der Waals surface area contributed by atoms with Crippen molar-refractivity contribution in [3.05, 3.63) is 34.6 Å². The van der Waals surface area contributed by atoms with Crippen LogP contribution < -0.4 is 5.32 Å². The Hall–Kier alpha value is -0.890. The molecule has 1 nitrogen and oxygen atoms in total. The maximum absolute atomic E-state index is 13.5. The van der Waals surface area contributed by atoms with Gasteiger partial charge in [-0.25, -0.2) is 4.39 Å². The molecule has 0 fully saturated rings. The monoisotopic (exact) mass is 179 g/mol. The molecular formula is C11H14FN. The summed E-state index contributed by atoms with van der Waals surface area (Å²) in [6.45, 7) is 2.05. The van der Waals surface area contributed by atoms with E-state index >= 15 is 0 Å². The largest absolute Gasteiger partial charge is 0.313 e. The molecule has 2 rings (SSSR count). The minimum Gasteiger partial charge on any atom is -0.313 e. The molecule has 0 saturated heterocycles. The third-order valence-corrected chi connectivity index (χ3v) is 2.92. The van der Waals surface area contributed by atoms with Crippen molar-refractivity contribution >= 4 is 0 Å². The van der Waals surface area contributed by atoms with Crippen molar-refractivity contribution in [1.29, 1.82) is 0 Å². The molecule has 1 aliphatic rings. The number of hydrogen-bond acceptors (Lipinski definition) is 1. The van der Waals surface area contributed by atoms with Gasteiger partial charge in [-0.15, -0.1) is 0 Å². The zero-order valence-corrected chi connectivity index (χ0v) is 8.02. The van der Waals surface area contributed by atoms with Crippen molar-refractivity contribution in [2.75, 3.05) is 7.05 Å². The summed E-state index contributed by atoms with van der Waals surface area (Å²) in [7, 11) is 1.89. The Morgan fingerprint density at radius 3 is 2.92 bits per heavy atom. The standard InChI is InChI=1S/C11H14FN/c1-7-3-5-9(12)11-8(7)4-6-10(11)13-2/h3,5,10,13H,4,6H2,1-2H3. The molecule has 0 radical (unpaired) electrons. The van der Waals surface area contributed by atoms with Crippen LogP contribution in [0.15, 0.2) is 12.1 Å². The summed E-state index contributed by atoms with van der Waals surface area (Å²) in [5, 5.41) is 3.15. The Balaban J connectivity index is 2.55. The fourth-order valence-corrected chi connectivity index (χ4v) is 2.18. The van der Waals surface area contributed by atoms with Gasteiger partial charge >= 0.3 is 0 Å². The average molecular weight is 179 g/mol. The molecule has 0 aliphatic heterocycles. The van der Waals surface area contributed by atoms with Crippen LogP contribution in [0.4, 0.5) is 4.39 Å². The maximum atomic E-state index is 13.5. The molecule has 13 heavy (non-hydrogen) atoms. The first-order valence-corrected chi connectivity index (χ1v) is 4.69. The molecule has 1 aromatic carbocycles. The van der Waals surface area contributed by atoms with E-state index in [0.29, 0.717) is 0 Å². The summed E-state index contributed by atoms with van der Waals surface area (Å²) in [5.41, 5.74) is 3.32. The van der Waals surface area contributed by atoms with Crippen LogP contribution in [0.25, 0.3) is 0 Å². The summed E-state index contributed by atoms with van der Waals surface area (Å²) in [6.07, 6.45) is 2.03. The summed E-state index contributed by atoms with van der Waals surface area (Å²) >= 11 is 0. The molecule has 0 bridgehead atoms. The smallest absolute Gasteiger partial charge is 0.128 e. The van der Waals surface area contributed by atoms with Gasteiger partial charge in [0, 0.05) is 11.6 Å². The molecule has 0 aromatic heterocycles. The Morgan fingerprint density at radius 1 is 1.46 bits per heavy atom. The average Bonchev–Trinajstić information content (AvgIpc) is 2.56. The Labute approximate surface area is 78.0 Å². The lowest BCUT2D eigenvalue weighted by Gasteiger charge is -2.11. The van der Waals surface area contributed by atoms with Crippen molar-refractivity contribution < 1.29 is 4.39 Å². The van der Waals surface area contributed by atoms with Gasteiger partial charge in [-0.1, -0.05) is 6.07 Å². The molecule has 1 aliphatic carbocycles. The number of nitrogens with one attached hydrogen (secondary N) is 1. The van der Waals surface area contributed by atoms with Crippen LogP contribution >= 0.6 is 0 Å². The zero-order valence-electron chi connectivity index (χ0n) is 8.02. The second kappa shape index (κ2) is 3.11. The first kappa shape index (κ1) is 8.70. The Kier molecular flexibility index (Phi) is 2.08. The van der Waals surface area contributed by atoms with Gasteiger partial charge in [0.15, 0.2) is 0 Å². The number of halogens is 1. The highest BCUT2D eigenvalue weighted by Gasteiger charge is 2.25. The van der Waals surface area contributed by atoms with Crippen molar-refractivity contribution in [3.8, 4) is 0 Å². The van der Waals surface area contributed by atoms with Gasteiger partial charge in [-0.2, -0.15) is 0 Å². The number of benzene rings is 1. The lowest BCUT2D eigenvalue weighted by molar-refractivity contribution is 0.542. The van der Waals surface area contributed by atoms with E-state index in [4.69, 9.17) is 0 Å². The Morgan fingerprint density at radius 2 is 2.23 bits per heavy atom. The number of hydrogen-bond donors (Lipinski definition) is 1. The fraction of sp³-hybridized carbons (Fsp3) is 0.455. The molecule has 2 heteroatoms. The molecule has 1 aromatic rings. The highest BCUT2D eigenvalue weighted by atomic mass is 19.1. The van der Waals surface area contributed by atoms with Gasteiger partial charge in [0.05, 0.1) is 0 Å². The number of aryl methyl sites for hydroxylation is 1. The molecule has 0 amide bonds. The highest BCUT2D eigenvalue weighted by Crippen LogP contribution is 2.34. The van der Waals surface area contributed by atoms with Crippen molar-refractivity contribution in [1.82, 2.24) is 5.32 Å². The first-order chi connectivity index (χ1) is 6.24. The topological polar surface area (TPSA) is 12.0 Å². The summed E-state index contributed by atoms with van der Waals surface area (Å²) in [5.74, 6) is -0.0579. The minimum absolute atomic E-state index is 0.0579. The summed E-state index contributed by atoms with van der Waals surface area (Å²) in [4.78, 5) is 0. The van der Waals surface area contributed by atoms with Crippen LogP contribution in [0.2, 0.25) is 0 Å². The van der Waals surface area contributed by atoms with Gasteiger partial charge in [-0.05, 0) is 44.0 Å². The Bertz CT molecular complexity index is 333. The highest BCUT2D eigenvalue weighted by molar-refractivity contribution is 5.41. The van der Waals surface area contributed by atoms with E-state index in [-0.39, 0.29) is 11.9 Å². The van der Waals surface area contributed by atoms with Crippen LogP contribution in [0, 0.1) is 12.7 Å². The van der Waals surface area contributed by atoms with E-state index in [1.807, 2.05) is 13.1 Å². The predicted molar refractivity (Wildman–Crippen MR) is 51.3 cm³/mol. The van der Waals surface area contributed by atoms with E-state index in [2.05, 4.69) is 12.2 Å². The first-order valence-electron chi connectivity index (χ1n) is 4.69. The van der Waals surface area contributed by atoms with Crippen molar-refractivity contribution in [2.45, 2.75) is 25.8 Å². The van der Waals surface area contributed by atoms with Gasteiger partial charge in [-0.3, -0.25) is 0 Å². The molecule has 1 N–H and O–H groups in total. The second-order valence-electron chi connectivity index (χ2n) is 3.64. The van der Waals surface area contributed by atoms with Crippen LogP contribution in [0.3, 0.4) is 0 Å². The predicted octanol–water partition coefficient (Wildman–Crippen LogP) is 2.34. The molecule has 0 heterocycles. The quantitative estimate of drug-likeness (QED) is 0.697. The lowest BCUT2D eigenvalue weighted by atomic mass is 10.0. The number of fused-ring (bicyclic) bond motifs is 1. The van der Waals surface area contributed by atoms with E-state index in [1.54, 1.807) is 6.07 Å². The molecule has 0 spiro atoms. The maximum Gasteiger partial charge on any atom is 0.128 e. The zero-order chi connectivity index (χ0) is 9.42. The van der Waals surface area contributed by atoms with Crippen LogP contribution in [0.1, 0.15) is 29.2 Å². The normalized spacial score (nSPS) is 20.4. The van der Waals surface area contributed by atoms with E-state index in [9.17, 15) is 4.39 Å². The summed E-state index contributed by atoms with van der Waals surface area (Å²) < 4.78 is 13.5. The van der Waals surface area contributed by atoms with Crippen LogP contribution in [-0.2, 0) is 6.42 Å². The van der Waals surface area contributed by atoms with Gasteiger partial charge in [0.2, 0.25) is 0 Å². The lowest BCUT2D eigenvalue weighted by Crippen LogP contribution is -2.14. The molecule has 1 atom stereocenters. The van der Waals surface area contributed by atoms with Gasteiger partial charge in [0.1, 0.15) is 5.82 Å². The SMILES string of the molecule is CNC1CCc2c(C)ccc(F)c21. The van der Waals surface area contributed by atoms with Crippen LogP contribution in [-0.4, -0.2) is 7.05 Å². The molecule has 1 unspecified atom stereocenters. The van der Waals surface area contributed by atoms with Crippen molar-refractivity contribution in [2.24, 2.45) is 0 Å². The number of rotatable bonds is 1. The van der Waals surface area contributed by atoms with E-state index in [1.165, 1.54) is 11.1 Å². The third-order valence-electron chi connectivity index (χ3n) is 2.92. The minimum atomic E-state index is -0.0579. The summed E-state index contributed by atoms with van der Waals surface area (Å²) in [6, 6.07) is 3.66. The second-order valence-corrected chi connectivity index (χ2v) is 3.64. The molecule has 70 valence electrons. The van der Waals surface area contributed by atoms with Gasteiger partial charge < -0.3 is 5.32 Å². The van der Waals surface area contributed by atoms with E-state index in [0.717, 1.165) is 18.4 Å². The fourth-order valence-electron chi connectivity index (χ4n) is 2.18. The molecular weight excluding hydrogens is 165 g/mol. The molecule has 0 saturated carbocycles. The van der Waals surface area contributed by atoms with Crippen molar-refractivity contribution in [3.63, 3.8) is 0 Å². The third kappa shape index (κ3) is 1.25. The van der Waals surface area contributed by atoms with E-state index < -0.39 is 0 Å². The van der Waals surface area contributed by atoms with Gasteiger partial charge in [0.25, 0.3) is 0 Å². The van der Waals surface area contributed by atoms with Crippen LogP contribution in [0.5, 0.6) is 0 Å².